The Balaban J connectivity index is 1.30. The Hall–Kier alpha value is -1.80. The van der Waals surface area contributed by atoms with Crippen molar-refractivity contribution >= 4 is 17.2 Å². The number of β-amino-alcohol motifs (C(OH)–C–C–N with tert-alkyl or cyclic N) is 1. The number of hydrogen-bond donors (Lipinski definition) is 1. The van der Waals surface area contributed by atoms with Gasteiger partial charge in [0.25, 0.3) is 0 Å². The molecule has 2 atom stereocenters. The lowest BCUT2D eigenvalue weighted by molar-refractivity contribution is -0.150. The van der Waals surface area contributed by atoms with Gasteiger partial charge in [-0.3, -0.25) is 14.6 Å². The monoisotopic (exact) mass is 398 g/mol. The minimum absolute atomic E-state index is 0.0238. The summed E-state index contributed by atoms with van der Waals surface area (Å²) in [6.07, 6.45) is 2.80. The van der Waals surface area contributed by atoms with Gasteiger partial charge in [-0.1, -0.05) is 30.3 Å². The normalized spacial score (nSPS) is 27.0. The van der Waals surface area contributed by atoms with Gasteiger partial charge < -0.3 is 10.0 Å². The largest absolute Gasteiger partial charge is 0.392 e. The Morgan fingerprint density at radius 2 is 2.04 bits per heavy atom. The highest BCUT2D eigenvalue weighted by molar-refractivity contribution is 7.09. The number of carbonyl (C=O) groups excluding carboxylic acids is 1. The van der Waals surface area contributed by atoms with Crippen molar-refractivity contribution in [1.82, 2.24) is 19.7 Å². The number of rotatable bonds is 4. The molecule has 5 rings (SSSR count). The molecule has 3 aliphatic rings. The first-order chi connectivity index (χ1) is 13.6. The predicted molar refractivity (Wildman–Crippen MR) is 108 cm³/mol. The Morgan fingerprint density at radius 3 is 2.79 bits per heavy atom. The number of benzene rings is 1. The number of amides is 1. The smallest absolute Gasteiger partial charge is 0.227 e. The summed E-state index contributed by atoms with van der Waals surface area (Å²) < 4.78 is 0. The first-order valence-electron chi connectivity index (χ1n) is 9.99. The van der Waals surface area contributed by atoms with Crippen molar-refractivity contribution in [2.24, 2.45) is 0 Å². The molecule has 0 radical (unpaired) electrons. The van der Waals surface area contributed by atoms with Crippen molar-refractivity contribution in [1.29, 1.82) is 0 Å². The SMILES string of the molecule is O=C(Cc1ccccc1)N1C[C@H]2C[C@@H](O)CN2C2(CN(Cc3nccs3)C2)C1. The molecular formula is C21H26N4O2S. The lowest BCUT2D eigenvalue weighted by Gasteiger charge is -2.61. The fourth-order valence-electron chi connectivity index (χ4n) is 5.19. The molecule has 0 bridgehead atoms. The third-order valence-corrected chi connectivity index (χ3v) is 7.11. The Morgan fingerprint density at radius 1 is 1.21 bits per heavy atom. The van der Waals surface area contributed by atoms with Crippen molar-refractivity contribution in [2.75, 3.05) is 32.7 Å². The molecule has 1 amide bonds. The highest BCUT2D eigenvalue weighted by Gasteiger charge is 2.56. The molecule has 148 valence electrons. The summed E-state index contributed by atoms with van der Waals surface area (Å²) in [5.41, 5.74) is 1.04. The molecule has 28 heavy (non-hydrogen) atoms. The van der Waals surface area contributed by atoms with Gasteiger partial charge in [-0.15, -0.1) is 11.3 Å². The van der Waals surface area contributed by atoms with E-state index < -0.39 is 0 Å². The third-order valence-electron chi connectivity index (χ3n) is 6.35. The van der Waals surface area contributed by atoms with E-state index in [4.69, 9.17) is 0 Å². The van der Waals surface area contributed by atoms with Crippen LogP contribution in [0.4, 0.5) is 0 Å². The number of nitrogens with zero attached hydrogens (tertiary/aromatic N) is 4. The van der Waals surface area contributed by atoms with Crippen LogP contribution in [0.5, 0.6) is 0 Å². The van der Waals surface area contributed by atoms with Crippen LogP contribution in [0.3, 0.4) is 0 Å². The van der Waals surface area contributed by atoms with Gasteiger partial charge in [-0.25, -0.2) is 4.98 Å². The number of likely N-dealkylation sites (tertiary alicyclic amines) is 1. The van der Waals surface area contributed by atoms with Crippen molar-refractivity contribution in [2.45, 2.75) is 37.1 Å². The van der Waals surface area contributed by atoms with Gasteiger partial charge in [-0.2, -0.15) is 0 Å². The highest BCUT2D eigenvalue weighted by atomic mass is 32.1. The fraction of sp³-hybridized carbons (Fsp3) is 0.524. The summed E-state index contributed by atoms with van der Waals surface area (Å²) >= 11 is 1.69. The second-order valence-corrected chi connectivity index (χ2v) is 9.41. The number of aliphatic hydroxyl groups is 1. The van der Waals surface area contributed by atoms with Crippen LogP contribution in [0, 0.1) is 0 Å². The summed E-state index contributed by atoms with van der Waals surface area (Å²) in [7, 11) is 0. The van der Waals surface area contributed by atoms with Crippen molar-refractivity contribution in [3.05, 3.63) is 52.5 Å². The zero-order valence-corrected chi connectivity index (χ0v) is 16.7. The molecule has 4 heterocycles. The first kappa shape index (κ1) is 18.2. The van der Waals surface area contributed by atoms with E-state index in [-0.39, 0.29) is 23.6 Å². The van der Waals surface area contributed by atoms with E-state index in [9.17, 15) is 9.90 Å². The second kappa shape index (κ2) is 7.22. The van der Waals surface area contributed by atoms with Gasteiger partial charge in [0.2, 0.25) is 5.91 Å². The van der Waals surface area contributed by atoms with E-state index >= 15 is 0 Å². The number of aliphatic hydroxyl groups excluding tert-OH is 1. The molecule has 3 saturated heterocycles. The Bertz CT molecular complexity index is 822. The third kappa shape index (κ3) is 3.37. The Labute approximate surface area is 169 Å². The summed E-state index contributed by atoms with van der Waals surface area (Å²) in [6.45, 7) is 4.97. The molecule has 3 fully saturated rings. The van der Waals surface area contributed by atoms with E-state index in [2.05, 4.69) is 14.8 Å². The van der Waals surface area contributed by atoms with E-state index in [0.29, 0.717) is 6.42 Å². The lowest BCUT2D eigenvalue weighted by Crippen LogP contribution is -2.78. The molecule has 1 aromatic carbocycles. The number of thiazole rings is 1. The van der Waals surface area contributed by atoms with Crippen molar-refractivity contribution < 1.29 is 9.90 Å². The molecule has 3 aliphatic heterocycles. The molecule has 1 spiro atoms. The predicted octanol–water partition coefficient (Wildman–Crippen LogP) is 1.22. The van der Waals surface area contributed by atoms with Crippen LogP contribution >= 0.6 is 11.3 Å². The van der Waals surface area contributed by atoms with Gasteiger partial charge in [0.15, 0.2) is 0 Å². The van der Waals surface area contributed by atoms with E-state index in [1.807, 2.05) is 46.8 Å². The maximum Gasteiger partial charge on any atom is 0.227 e. The summed E-state index contributed by atoms with van der Waals surface area (Å²) in [5.74, 6) is 0.199. The standard InChI is InChI=1S/C21H26N4O2S/c26-18-9-17-10-24(20(27)8-16-4-2-1-3-5-16)15-21(25(17)11-18)13-23(14-21)12-19-22-6-7-28-19/h1-7,17-18,26H,8-15H2/t17-,18-/m1/s1. The molecule has 0 saturated carbocycles. The van der Waals surface area contributed by atoms with Crippen LogP contribution < -0.4 is 0 Å². The summed E-state index contributed by atoms with van der Waals surface area (Å²) in [4.78, 5) is 24.4. The van der Waals surface area contributed by atoms with Gasteiger partial charge >= 0.3 is 0 Å². The molecule has 6 nitrogen and oxygen atoms in total. The van der Waals surface area contributed by atoms with Crippen LogP contribution in [-0.2, 0) is 17.8 Å². The number of piperazine rings is 1. The molecular weight excluding hydrogens is 372 g/mol. The number of aromatic nitrogens is 1. The molecule has 1 N–H and O–H groups in total. The first-order valence-corrected chi connectivity index (χ1v) is 10.9. The fourth-order valence-corrected chi connectivity index (χ4v) is 5.84. The molecule has 7 heteroatoms. The Kier molecular flexibility index (Phi) is 4.71. The minimum Gasteiger partial charge on any atom is -0.392 e. The van der Waals surface area contributed by atoms with Crippen LogP contribution in [-0.4, -0.2) is 81.1 Å². The quantitative estimate of drug-likeness (QED) is 0.839. The number of hydrogen-bond acceptors (Lipinski definition) is 6. The van der Waals surface area contributed by atoms with Crippen molar-refractivity contribution in [3.8, 4) is 0 Å². The van der Waals surface area contributed by atoms with Crippen molar-refractivity contribution in [3.63, 3.8) is 0 Å². The van der Waals surface area contributed by atoms with Crippen LogP contribution in [0.2, 0.25) is 0 Å². The number of fused-ring (bicyclic) bond motifs is 2. The number of carbonyl (C=O) groups is 1. The summed E-state index contributed by atoms with van der Waals surface area (Å²) in [6, 6.07) is 10.2. The van der Waals surface area contributed by atoms with Gasteiger partial charge in [-0.05, 0) is 12.0 Å². The summed E-state index contributed by atoms with van der Waals surface area (Å²) in [5, 5.41) is 13.4. The van der Waals surface area contributed by atoms with Gasteiger partial charge in [0.1, 0.15) is 5.01 Å². The molecule has 1 aromatic heterocycles. The lowest BCUT2D eigenvalue weighted by atomic mass is 9.83. The maximum absolute atomic E-state index is 13.0. The zero-order valence-electron chi connectivity index (χ0n) is 15.9. The van der Waals surface area contributed by atoms with Crippen LogP contribution in [0.1, 0.15) is 17.0 Å². The van der Waals surface area contributed by atoms with Gasteiger partial charge in [0, 0.05) is 50.3 Å². The average molecular weight is 399 g/mol. The van der Waals surface area contributed by atoms with Gasteiger partial charge in [0.05, 0.1) is 24.6 Å². The van der Waals surface area contributed by atoms with E-state index in [1.54, 1.807) is 11.3 Å². The second-order valence-electron chi connectivity index (χ2n) is 8.43. The zero-order chi connectivity index (χ0) is 19.1. The highest BCUT2D eigenvalue weighted by Crippen LogP contribution is 2.39. The average Bonchev–Trinajstić information content (AvgIpc) is 3.30. The van der Waals surface area contributed by atoms with Crippen LogP contribution in [0.15, 0.2) is 41.9 Å². The van der Waals surface area contributed by atoms with E-state index in [0.717, 1.165) is 56.3 Å². The van der Waals surface area contributed by atoms with E-state index in [1.165, 1.54) is 0 Å². The maximum atomic E-state index is 13.0. The van der Waals surface area contributed by atoms with Crippen LogP contribution in [0.25, 0.3) is 0 Å². The topological polar surface area (TPSA) is 59.9 Å². The molecule has 0 aliphatic carbocycles. The molecule has 2 aromatic rings. The minimum atomic E-state index is -0.279. The molecule has 0 unspecified atom stereocenters.